The molecule has 0 N–H and O–H groups in total. The zero-order valence-electron chi connectivity index (χ0n) is 13.3. The maximum Gasteiger partial charge on any atom is -0.00206 e. The molecule has 24 heavy (non-hydrogen) atoms. The minimum Gasteiger partial charge on any atom is -0.0985 e. The number of rotatable bonds is 2. The predicted octanol–water partition coefficient (Wildman–Crippen LogP) is 6.89. The quantitative estimate of drug-likeness (QED) is 0.311. The van der Waals surface area contributed by atoms with Crippen LogP contribution in [0.2, 0.25) is 0 Å². The SMILES string of the molecule is C=Cc1cccc(-c2ccc3ccc4cccc5ccc2c3c45)c1. The molecular formula is C24H16. The van der Waals surface area contributed by atoms with Gasteiger partial charge in [-0.05, 0) is 55.1 Å². The molecule has 0 amide bonds. The van der Waals surface area contributed by atoms with Crippen molar-refractivity contribution in [2.24, 2.45) is 0 Å². The van der Waals surface area contributed by atoms with Gasteiger partial charge in [-0.2, -0.15) is 0 Å². The number of benzene rings is 5. The standard InChI is InChI=1S/C24H16/c1-2-16-5-3-8-20(15-16)21-13-11-19-10-9-17-6-4-7-18-12-14-22(21)24(19)23(17)18/h2-15H,1H2. The lowest BCUT2D eigenvalue weighted by Crippen LogP contribution is -1.87. The van der Waals surface area contributed by atoms with Gasteiger partial charge in [0.1, 0.15) is 0 Å². The third-order valence-corrected chi connectivity index (χ3v) is 4.96. The van der Waals surface area contributed by atoms with E-state index < -0.39 is 0 Å². The average Bonchev–Trinajstić information content (AvgIpc) is 2.66. The lowest BCUT2D eigenvalue weighted by atomic mass is 9.89. The fraction of sp³-hybridized carbons (Fsp3) is 0. The van der Waals surface area contributed by atoms with Gasteiger partial charge in [0.15, 0.2) is 0 Å². The van der Waals surface area contributed by atoms with Crippen LogP contribution in [0.1, 0.15) is 5.56 Å². The van der Waals surface area contributed by atoms with E-state index in [1.54, 1.807) is 0 Å². The second-order valence-corrected chi connectivity index (χ2v) is 6.30. The Hall–Kier alpha value is -3.12. The van der Waals surface area contributed by atoms with Crippen LogP contribution < -0.4 is 0 Å². The molecule has 5 rings (SSSR count). The molecular weight excluding hydrogens is 288 g/mol. The first-order valence-corrected chi connectivity index (χ1v) is 8.24. The molecule has 112 valence electrons. The van der Waals surface area contributed by atoms with Crippen LogP contribution in [-0.2, 0) is 0 Å². The fourth-order valence-electron chi connectivity index (χ4n) is 3.82. The highest BCUT2D eigenvalue weighted by Gasteiger charge is 2.11. The maximum absolute atomic E-state index is 3.89. The summed E-state index contributed by atoms with van der Waals surface area (Å²) >= 11 is 0. The zero-order chi connectivity index (χ0) is 16.1. The van der Waals surface area contributed by atoms with Gasteiger partial charge < -0.3 is 0 Å². The van der Waals surface area contributed by atoms with E-state index in [9.17, 15) is 0 Å². The topological polar surface area (TPSA) is 0 Å². The molecule has 0 unspecified atom stereocenters. The Kier molecular flexibility index (Phi) is 2.74. The molecule has 0 aromatic heterocycles. The Morgan fingerprint density at radius 2 is 1.29 bits per heavy atom. The normalized spacial score (nSPS) is 11.5. The summed E-state index contributed by atoms with van der Waals surface area (Å²) in [4.78, 5) is 0. The molecule has 0 heteroatoms. The molecule has 0 aliphatic carbocycles. The molecule has 0 saturated carbocycles. The van der Waals surface area contributed by atoms with E-state index in [0.29, 0.717) is 0 Å². The Labute approximate surface area is 141 Å². The molecule has 0 bridgehead atoms. The van der Waals surface area contributed by atoms with Gasteiger partial charge in [-0.15, -0.1) is 0 Å². The minimum atomic E-state index is 1.15. The average molecular weight is 304 g/mol. The summed E-state index contributed by atoms with van der Waals surface area (Å²) in [6, 6.07) is 28.6. The molecule has 0 aliphatic rings. The smallest absolute Gasteiger partial charge is 0.00206 e. The fourth-order valence-corrected chi connectivity index (χ4v) is 3.82. The first-order chi connectivity index (χ1) is 11.8. The Bertz CT molecular complexity index is 1200. The van der Waals surface area contributed by atoms with Gasteiger partial charge in [0.05, 0.1) is 0 Å². The second-order valence-electron chi connectivity index (χ2n) is 6.30. The van der Waals surface area contributed by atoms with Gasteiger partial charge in [0.25, 0.3) is 0 Å². The molecule has 0 aliphatic heterocycles. The first kappa shape index (κ1) is 13.3. The molecule has 0 heterocycles. The van der Waals surface area contributed by atoms with E-state index in [-0.39, 0.29) is 0 Å². The highest BCUT2D eigenvalue weighted by Crippen LogP contribution is 2.39. The molecule has 0 spiro atoms. The molecule has 0 saturated heterocycles. The second kappa shape index (κ2) is 4.94. The highest BCUT2D eigenvalue weighted by atomic mass is 14.1. The van der Waals surface area contributed by atoms with Crippen molar-refractivity contribution in [3.05, 3.63) is 91.0 Å². The van der Waals surface area contributed by atoms with E-state index in [1.807, 2.05) is 6.08 Å². The summed E-state index contributed by atoms with van der Waals surface area (Å²) in [6.07, 6.45) is 1.90. The summed E-state index contributed by atoms with van der Waals surface area (Å²) in [5, 5.41) is 7.97. The van der Waals surface area contributed by atoms with Crippen molar-refractivity contribution in [2.75, 3.05) is 0 Å². The van der Waals surface area contributed by atoms with Crippen LogP contribution in [0.15, 0.2) is 85.4 Å². The lowest BCUT2D eigenvalue weighted by Gasteiger charge is -2.14. The van der Waals surface area contributed by atoms with Gasteiger partial charge >= 0.3 is 0 Å². The predicted molar refractivity (Wildman–Crippen MR) is 106 cm³/mol. The Balaban J connectivity index is 1.95. The molecule has 5 aromatic rings. The summed E-state index contributed by atoms with van der Waals surface area (Å²) in [6.45, 7) is 3.89. The number of hydrogen-bond acceptors (Lipinski definition) is 0. The lowest BCUT2D eigenvalue weighted by molar-refractivity contribution is 1.63. The molecule has 5 aromatic carbocycles. The molecule has 0 atom stereocenters. The van der Waals surface area contributed by atoms with Crippen LogP contribution in [0.4, 0.5) is 0 Å². The van der Waals surface area contributed by atoms with E-state index >= 15 is 0 Å². The summed E-state index contributed by atoms with van der Waals surface area (Å²) in [5.41, 5.74) is 3.67. The van der Waals surface area contributed by atoms with Gasteiger partial charge in [-0.1, -0.05) is 85.5 Å². The van der Waals surface area contributed by atoms with Gasteiger partial charge in [0.2, 0.25) is 0 Å². The Morgan fingerprint density at radius 3 is 2.08 bits per heavy atom. The van der Waals surface area contributed by atoms with Crippen molar-refractivity contribution >= 4 is 38.4 Å². The van der Waals surface area contributed by atoms with Crippen LogP contribution in [-0.4, -0.2) is 0 Å². The van der Waals surface area contributed by atoms with Crippen molar-refractivity contribution in [3.63, 3.8) is 0 Å². The van der Waals surface area contributed by atoms with E-state index in [2.05, 4.69) is 85.4 Å². The summed E-state index contributed by atoms with van der Waals surface area (Å²) < 4.78 is 0. The summed E-state index contributed by atoms with van der Waals surface area (Å²) in [5.74, 6) is 0. The first-order valence-electron chi connectivity index (χ1n) is 8.24. The Morgan fingerprint density at radius 1 is 0.625 bits per heavy atom. The van der Waals surface area contributed by atoms with E-state index in [0.717, 1.165) is 5.56 Å². The van der Waals surface area contributed by atoms with Crippen molar-refractivity contribution in [3.8, 4) is 11.1 Å². The maximum atomic E-state index is 3.89. The zero-order valence-corrected chi connectivity index (χ0v) is 13.3. The number of hydrogen-bond donors (Lipinski definition) is 0. The van der Waals surface area contributed by atoms with Crippen LogP contribution >= 0.6 is 0 Å². The largest absolute Gasteiger partial charge is 0.0985 e. The minimum absolute atomic E-state index is 1.15. The monoisotopic (exact) mass is 304 g/mol. The molecule has 0 radical (unpaired) electrons. The third kappa shape index (κ3) is 1.80. The summed E-state index contributed by atoms with van der Waals surface area (Å²) in [7, 11) is 0. The van der Waals surface area contributed by atoms with E-state index in [4.69, 9.17) is 0 Å². The highest BCUT2D eigenvalue weighted by molar-refractivity contribution is 6.25. The molecule has 0 nitrogen and oxygen atoms in total. The van der Waals surface area contributed by atoms with Crippen molar-refractivity contribution < 1.29 is 0 Å². The third-order valence-electron chi connectivity index (χ3n) is 4.96. The van der Waals surface area contributed by atoms with Gasteiger partial charge in [-0.3, -0.25) is 0 Å². The van der Waals surface area contributed by atoms with Crippen molar-refractivity contribution in [1.82, 2.24) is 0 Å². The van der Waals surface area contributed by atoms with Gasteiger partial charge in [-0.25, -0.2) is 0 Å². The van der Waals surface area contributed by atoms with Crippen LogP contribution in [0.5, 0.6) is 0 Å². The van der Waals surface area contributed by atoms with Crippen molar-refractivity contribution in [1.29, 1.82) is 0 Å². The van der Waals surface area contributed by atoms with Crippen molar-refractivity contribution in [2.45, 2.75) is 0 Å². The van der Waals surface area contributed by atoms with Crippen LogP contribution in [0.3, 0.4) is 0 Å². The van der Waals surface area contributed by atoms with E-state index in [1.165, 1.54) is 43.4 Å². The van der Waals surface area contributed by atoms with Crippen LogP contribution in [0, 0.1) is 0 Å². The molecule has 0 fully saturated rings. The van der Waals surface area contributed by atoms with Gasteiger partial charge in [0, 0.05) is 0 Å². The van der Waals surface area contributed by atoms with Crippen LogP contribution in [0.25, 0.3) is 49.5 Å².